The molecule has 0 fully saturated rings. The lowest BCUT2D eigenvalue weighted by Gasteiger charge is -2.07. The summed E-state index contributed by atoms with van der Waals surface area (Å²) in [5, 5.41) is 0. The van der Waals surface area contributed by atoms with E-state index < -0.39 is 0 Å². The first-order chi connectivity index (χ1) is 8.69. The Kier molecular flexibility index (Phi) is 4.33. The highest BCUT2D eigenvalue weighted by atomic mass is 79.9. The molecule has 0 aliphatic carbocycles. The zero-order valence-electron chi connectivity index (χ0n) is 9.70. The van der Waals surface area contributed by atoms with Crippen molar-refractivity contribution >= 4 is 15.9 Å². The molecule has 0 radical (unpaired) electrons. The molecule has 0 amide bonds. The molecule has 0 heterocycles. The molecular weight excluding hydrogens is 297 g/mol. The first-order valence-electron chi connectivity index (χ1n) is 5.55. The predicted octanol–water partition coefficient (Wildman–Crippen LogP) is 3.63. The fourth-order valence-electron chi connectivity index (χ4n) is 1.50. The van der Waals surface area contributed by atoms with E-state index in [9.17, 15) is 4.39 Å². The van der Waals surface area contributed by atoms with Crippen LogP contribution in [0.5, 0.6) is 5.75 Å². The predicted molar refractivity (Wildman–Crippen MR) is 72.8 cm³/mol. The number of nitrogens with two attached hydrogens (primary N) is 1. The van der Waals surface area contributed by atoms with E-state index in [0.29, 0.717) is 23.4 Å². The summed E-state index contributed by atoms with van der Waals surface area (Å²) in [6, 6.07) is 12.5. The summed E-state index contributed by atoms with van der Waals surface area (Å²) in [7, 11) is 0. The van der Waals surface area contributed by atoms with Gasteiger partial charge in [-0.05, 0) is 45.3 Å². The molecule has 0 atom stereocenters. The van der Waals surface area contributed by atoms with Crippen LogP contribution in [0.1, 0.15) is 11.1 Å². The summed E-state index contributed by atoms with van der Waals surface area (Å²) in [6.45, 7) is 0.981. The van der Waals surface area contributed by atoms with Gasteiger partial charge >= 0.3 is 0 Å². The quantitative estimate of drug-likeness (QED) is 0.936. The van der Waals surface area contributed by atoms with Gasteiger partial charge in [-0.25, -0.2) is 4.39 Å². The Bertz CT molecular complexity index is 528. The maximum atomic E-state index is 13.0. The van der Waals surface area contributed by atoms with E-state index in [2.05, 4.69) is 15.9 Å². The van der Waals surface area contributed by atoms with Crippen molar-refractivity contribution in [2.75, 3.05) is 0 Å². The minimum absolute atomic E-state index is 0.297. The lowest BCUT2D eigenvalue weighted by molar-refractivity contribution is 0.305. The first-order valence-corrected chi connectivity index (χ1v) is 6.34. The van der Waals surface area contributed by atoms with Crippen molar-refractivity contribution in [3.8, 4) is 5.75 Å². The molecule has 0 unspecified atom stereocenters. The molecule has 0 saturated heterocycles. The fourth-order valence-corrected chi connectivity index (χ4v) is 1.86. The Morgan fingerprint density at radius 2 is 1.72 bits per heavy atom. The van der Waals surface area contributed by atoms with Gasteiger partial charge in [-0.2, -0.15) is 0 Å². The van der Waals surface area contributed by atoms with Gasteiger partial charge in [-0.1, -0.05) is 24.3 Å². The summed E-state index contributed by atoms with van der Waals surface area (Å²) in [6.07, 6.45) is 0. The Hall–Kier alpha value is -1.39. The standard InChI is InChI=1S/C14H13BrFNO/c15-13-7-12(5-6-14(13)16)18-9-11-3-1-10(8-17)2-4-11/h1-7H,8-9,17H2. The highest BCUT2D eigenvalue weighted by Crippen LogP contribution is 2.22. The van der Waals surface area contributed by atoms with Gasteiger partial charge in [0.1, 0.15) is 18.2 Å². The van der Waals surface area contributed by atoms with Gasteiger partial charge in [-0.15, -0.1) is 0 Å². The van der Waals surface area contributed by atoms with Crippen LogP contribution >= 0.6 is 15.9 Å². The molecule has 18 heavy (non-hydrogen) atoms. The van der Waals surface area contributed by atoms with Gasteiger partial charge in [0.25, 0.3) is 0 Å². The van der Waals surface area contributed by atoms with E-state index >= 15 is 0 Å². The molecule has 0 saturated carbocycles. The minimum Gasteiger partial charge on any atom is -0.489 e. The van der Waals surface area contributed by atoms with Crippen LogP contribution in [0.15, 0.2) is 46.9 Å². The monoisotopic (exact) mass is 309 g/mol. The number of rotatable bonds is 4. The first kappa shape index (κ1) is 13.1. The van der Waals surface area contributed by atoms with Crippen LogP contribution in [0.25, 0.3) is 0 Å². The molecule has 2 N–H and O–H groups in total. The summed E-state index contributed by atoms with van der Waals surface area (Å²) < 4.78 is 19.0. The molecule has 2 aromatic carbocycles. The molecule has 94 valence electrons. The highest BCUT2D eigenvalue weighted by molar-refractivity contribution is 9.10. The molecule has 2 aromatic rings. The van der Waals surface area contributed by atoms with Crippen LogP contribution in [0.2, 0.25) is 0 Å². The number of benzene rings is 2. The van der Waals surface area contributed by atoms with E-state index in [0.717, 1.165) is 11.1 Å². The maximum absolute atomic E-state index is 13.0. The highest BCUT2D eigenvalue weighted by Gasteiger charge is 2.01. The van der Waals surface area contributed by atoms with Crippen LogP contribution < -0.4 is 10.5 Å². The molecule has 0 aromatic heterocycles. The van der Waals surface area contributed by atoms with Crippen LogP contribution in [0, 0.1) is 5.82 Å². The Labute approximate surface area is 114 Å². The zero-order valence-corrected chi connectivity index (χ0v) is 11.3. The summed E-state index contributed by atoms with van der Waals surface area (Å²) in [5.41, 5.74) is 7.66. The van der Waals surface area contributed by atoms with Crippen molar-refractivity contribution < 1.29 is 9.13 Å². The second-order valence-corrected chi connectivity index (χ2v) is 4.74. The van der Waals surface area contributed by atoms with Crippen LogP contribution in [-0.2, 0) is 13.2 Å². The molecule has 2 rings (SSSR count). The molecule has 2 nitrogen and oxygen atoms in total. The lowest BCUT2D eigenvalue weighted by Crippen LogP contribution is -1.98. The second kappa shape index (κ2) is 5.98. The second-order valence-electron chi connectivity index (χ2n) is 3.89. The van der Waals surface area contributed by atoms with Crippen LogP contribution in [0.4, 0.5) is 4.39 Å². The topological polar surface area (TPSA) is 35.2 Å². The average Bonchev–Trinajstić information content (AvgIpc) is 2.41. The molecule has 0 bridgehead atoms. The van der Waals surface area contributed by atoms with E-state index in [4.69, 9.17) is 10.5 Å². The molecule has 4 heteroatoms. The van der Waals surface area contributed by atoms with Crippen molar-refractivity contribution in [1.29, 1.82) is 0 Å². The van der Waals surface area contributed by atoms with Crippen molar-refractivity contribution in [1.82, 2.24) is 0 Å². The maximum Gasteiger partial charge on any atom is 0.137 e. The van der Waals surface area contributed by atoms with Crippen LogP contribution in [0.3, 0.4) is 0 Å². The number of hydrogen-bond donors (Lipinski definition) is 1. The molecule has 0 aliphatic rings. The zero-order chi connectivity index (χ0) is 13.0. The van der Waals surface area contributed by atoms with Crippen LogP contribution in [-0.4, -0.2) is 0 Å². The third kappa shape index (κ3) is 3.31. The average molecular weight is 310 g/mol. The number of halogens is 2. The summed E-state index contributed by atoms with van der Waals surface area (Å²) in [4.78, 5) is 0. The normalized spacial score (nSPS) is 10.4. The van der Waals surface area contributed by atoms with E-state index in [-0.39, 0.29) is 5.82 Å². The van der Waals surface area contributed by atoms with E-state index in [1.807, 2.05) is 24.3 Å². The lowest BCUT2D eigenvalue weighted by atomic mass is 10.1. The Morgan fingerprint density at radius 3 is 2.33 bits per heavy atom. The van der Waals surface area contributed by atoms with Crippen molar-refractivity contribution in [3.63, 3.8) is 0 Å². The smallest absolute Gasteiger partial charge is 0.137 e. The van der Waals surface area contributed by atoms with Gasteiger partial charge in [0.15, 0.2) is 0 Å². The minimum atomic E-state index is -0.297. The Morgan fingerprint density at radius 1 is 1.06 bits per heavy atom. The summed E-state index contributed by atoms with van der Waals surface area (Å²) >= 11 is 3.12. The fraction of sp³-hybridized carbons (Fsp3) is 0.143. The van der Waals surface area contributed by atoms with Crippen molar-refractivity contribution in [3.05, 3.63) is 63.9 Å². The molecule has 0 spiro atoms. The van der Waals surface area contributed by atoms with Gasteiger partial charge in [-0.3, -0.25) is 0 Å². The third-order valence-corrected chi connectivity index (χ3v) is 3.16. The SMILES string of the molecule is NCc1ccc(COc2ccc(F)c(Br)c2)cc1. The van der Waals surface area contributed by atoms with Crippen molar-refractivity contribution in [2.24, 2.45) is 5.73 Å². The number of ether oxygens (including phenoxy) is 1. The largest absolute Gasteiger partial charge is 0.489 e. The van der Waals surface area contributed by atoms with E-state index in [1.54, 1.807) is 12.1 Å². The van der Waals surface area contributed by atoms with Gasteiger partial charge in [0, 0.05) is 6.54 Å². The Balaban J connectivity index is 1.99. The molecule has 0 aliphatic heterocycles. The van der Waals surface area contributed by atoms with Crippen molar-refractivity contribution in [2.45, 2.75) is 13.2 Å². The van der Waals surface area contributed by atoms with Gasteiger partial charge in [0.05, 0.1) is 4.47 Å². The van der Waals surface area contributed by atoms with Gasteiger partial charge < -0.3 is 10.5 Å². The summed E-state index contributed by atoms with van der Waals surface area (Å²) in [5.74, 6) is 0.334. The van der Waals surface area contributed by atoms with E-state index in [1.165, 1.54) is 6.07 Å². The van der Waals surface area contributed by atoms with Gasteiger partial charge in [0.2, 0.25) is 0 Å². The molecular formula is C14H13BrFNO. The third-order valence-electron chi connectivity index (χ3n) is 2.56. The number of hydrogen-bond acceptors (Lipinski definition) is 2.